The van der Waals surface area contributed by atoms with Crippen LogP contribution in [0.25, 0.3) is 5.76 Å². The van der Waals surface area contributed by atoms with Gasteiger partial charge in [-0.25, -0.2) is 0 Å². The molecule has 35 heavy (non-hydrogen) atoms. The van der Waals surface area contributed by atoms with Crippen molar-refractivity contribution in [1.82, 2.24) is 0 Å². The van der Waals surface area contributed by atoms with Crippen LogP contribution >= 0.6 is 11.6 Å². The molecule has 1 unspecified atom stereocenters. The molecule has 3 aromatic rings. The molecule has 1 amide bonds. The fourth-order valence-electron chi connectivity index (χ4n) is 4.13. The maximum Gasteiger partial charge on any atom is 0.300 e. The number of phenols is 1. The summed E-state index contributed by atoms with van der Waals surface area (Å²) >= 11 is 6.30. The summed E-state index contributed by atoms with van der Waals surface area (Å²) in [5.74, 6) is -1.47. The summed E-state index contributed by atoms with van der Waals surface area (Å²) in [5.41, 5.74) is 0.618. The monoisotopic (exact) mass is 495 g/mol. The van der Waals surface area contributed by atoms with E-state index >= 15 is 0 Å². The fourth-order valence-corrected chi connectivity index (χ4v) is 4.39. The molecule has 0 aliphatic carbocycles. The minimum atomic E-state index is -1.08. The van der Waals surface area contributed by atoms with Crippen molar-refractivity contribution in [2.45, 2.75) is 6.04 Å². The Bertz CT molecular complexity index is 1330. The van der Waals surface area contributed by atoms with Crippen LogP contribution in [0.4, 0.5) is 5.69 Å². The summed E-state index contributed by atoms with van der Waals surface area (Å²) in [6, 6.07) is 14.5. The molecule has 4 rings (SSSR count). The zero-order valence-corrected chi connectivity index (χ0v) is 19.9. The normalized spacial score (nSPS) is 16.9. The highest BCUT2D eigenvalue weighted by atomic mass is 35.5. The molecule has 2 N–H and O–H groups in total. The van der Waals surface area contributed by atoms with Crippen LogP contribution < -0.4 is 19.1 Å². The first-order valence-corrected chi connectivity index (χ1v) is 10.8. The maximum absolute atomic E-state index is 13.4. The van der Waals surface area contributed by atoms with Crippen molar-refractivity contribution in [3.63, 3.8) is 0 Å². The predicted molar refractivity (Wildman–Crippen MR) is 130 cm³/mol. The average molecular weight is 496 g/mol. The van der Waals surface area contributed by atoms with Crippen molar-refractivity contribution >= 4 is 34.7 Å². The minimum absolute atomic E-state index is 0.0734. The Morgan fingerprint density at radius 1 is 0.886 bits per heavy atom. The number of anilines is 1. The molecule has 1 saturated heterocycles. The molecule has 180 valence electrons. The topological polar surface area (TPSA) is 106 Å². The Hall–Kier alpha value is -4.17. The van der Waals surface area contributed by atoms with Gasteiger partial charge in [0.25, 0.3) is 11.7 Å². The van der Waals surface area contributed by atoms with E-state index in [0.717, 1.165) is 0 Å². The molecular weight excluding hydrogens is 474 g/mol. The Morgan fingerprint density at radius 3 is 2.09 bits per heavy atom. The average Bonchev–Trinajstić information content (AvgIpc) is 3.13. The third-order valence-electron chi connectivity index (χ3n) is 5.71. The molecule has 9 heteroatoms. The second-order valence-corrected chi connectivity index (χ2v) is 8.03. The lowest BCUT2D eigenvalue weighted by atomic mass is 9.94. The van der Waals surface area contributed by atoms with E-state index in [-0.39, 0.29) is 33.4 Å². The first kappa shape index (κ1) is 24.0. The third kappa shape index (κ3) is 4.13. The van der Waals surface area contributed by atoms with E-state index in [2.05, 4.69) is 0 Å². The molecule has 0 aromatic heterocycles. The highest BCUT2D eigenvalue weighted by molar-refractivity contribution is 6.52. The van der Waals surface area contributed by atoms with E-state index in [1.807, 2.05) is 0 Å². The van der Waals surface area contributed by atoms with Gasteiger partial charge in [0.2, 0.25) is 0 Å². The number of aliphatic hydroxyl groups excluding tert-OH is 1. The summed E-state index contributed by atoms with van der Waals surface area (Å²) in [7, 11) is 4.28. The van der Waals surface area contributed by atoms with Crippen molar-refractivity contribution in [2.75, 3.05) is 26.2 Å². The molecule has 1 fully saturated rings. The van der Waals surface area contributed by atoms with Crippen molar-refractivity contribution in [1.29, 1.82) is 0 Å². The lowest BCUT2D eigenvalue weighted by molar-refractivity contribution is -0.132. The second-order valence-electron chi connectivity index (χ2n) is 7.62. The van der Waals surface area contributed by atoms with E-state index in [9.17, 15) is 19.8 Å². The van der Waals surface area contributed by atoms with Gasteiger partial charge < -0.3 is 24.4 Å². The second kappa shape index (κ2) is 9.60. The molecular formula is C26H22ClNO7. The van der Waals surface area contributed by atoms with Gasteiger partial charge in [-0.2, -0.15) is 0 Å². The summed E-state index contributed by atoms with van der Waals surface area (Å²) < 4.78 is 16.0. The number of aromatic hydroxyl groups is 1. The summed E-state index contributed by atoms with van der Waals surface area (Å²) in [5, 5.41) is 21.8. The molecule has 1 aliphatic heterocycles. The van der Waals surface area contributed by atoms with Gasteiger partial charge in [0.05, 0.1) is 38.0 Å². The number of Topliss-reactive ketones (excluding diaryl/α,β-unsaturated/α-hetero) is 1. The number of benzene rings is 3. The predicted octanol–water partition coefficient (Wildman–Crippen LogP) is 4.70. The number of aliphatic hydroxyl groups is 1. The van der Waals surface area contributed by atoms with Crippen LogP contribution in [0.2, 0.25) is 5.02 Å². The van der Waals surface area contributed by atoms with Crippen molar-refractivity contribution in [3.8, 4) is 23.0 Å². The van der Waals surface area contributed by atoms with E-state index in [0.29, 0.717) is 17.0 Å². The van der Waals surface area contributed by atoms with E-state index < -0.39 is 23.5 Å². The number of ether oxygens (including phenoxy) is 3. The zero-order valence-electron chi connectivity index (χ0n) is 19.1. The number of phenolic OH excluding ortho intramolecular Hbond substituents is 1. The Labute approximate surface area is 206 Å². The number of ketones is 1. The van der Waals surface area contributed by atoms with E-state index in [4.69, 9.17) is 25.8 Å². The highest BCUT2D eigenvalue weighted by Crippen LogP contribution is 2.46. The van der Waals surface area contributed by atoms with Crippen LogP contribution in [0.15, 0.2) is 66.2 Å². The molecule has 8 nitrogen and oxygen atoms in total. The Morgan fingerprint density at radius 2 is 1.51 bits per heavy atom. The SMILES string of the molecule is COc1ccc(N2C(=O)C(=O)/C(=C(/O)c3c(OC)cccc3OC)C2c2cccc(O)c2)cc1Cl. The molecule has 0 saturated carbocycles. The maximum atomic E-state index is 13.4. The standard InChI is InChI=1S/C26H22ClNO7/c1-33-18-11-10-15(13-17(18)27)28-23(14-6-4-7-16(29)12-14)22(25(31)26(28)32)24(30)21-19(34-2)8-5-9-20(21)35-3/h4-13,23,29-30H,1-3H3/b24-22+. The van der Waals surface area contributed by atoms with Crippen molar-refractivity contribution in [2.24, 2.45) is 0 Å². The summed E-state index contributed by atoms with van der Waals surface area (Å²) in [4.78, 5) is 27.9. The van der Waals surface area contributed by atoms with Crippen LogP contribution in [0, 0.1) is 0 Å². The van der Waals surface area contributed by atoms with Crippen molar-refractivity contribution < 1.29 is 34.0 Å². The van der Waals surface area contributed by atoms with Gasteiger partial charge in [0, 0.05) is 5.69 Å². The number of carbonyl (C=O) groups excluding carboxylic acids is 2. The lowest BCUT2D eigenvalue weighted by Crippen LogP contribution is -2.29. The number of methoxy groups -OCH3 is 3. The van der Waals surface area contributed by atoms with Gasteiger partial charge >= 0.3 is 0 Å². The fraction of sp³-hybridized carbons (Fsp3) is 0.154. The molecule has 1 aliphatic rings. The molecule has 3 aromatic carbocycles. The molecule has 1 heterocycles. The van der Waals surface area contributed by atoms with Gasteiger partial charge in [-0.15, -0.1) is 0 Å². The minimum Gasteiger partial charge on any atom is -0.508 e. The van der Waals surface area contributed by atoms with Crippen LogP contribution in [-0.4, -0.2) is 43.2 Å². The summed E-state index contributed by atoms with van der Waals surface area (Å²) in [6.45, 7) is 0. The Kier molecular flexibility index (Phi) is 6.57. The van der Waals surface area contributed by atoms with Crippen LogP contribution in [0.5, 0.6) is 23.0 Å². The van der Waals surface area contributed by atoms with Gasteiger partial charge in [-0.1, -0.05) is 29.8 Å². The number of hydrogen-bond acceptors (Lipinski definition) is 7. The van der Waals surface area contributed by atoms with Gasteiger partial charge in [0.15, 0.2) is 0 Å². The molecule has 1 atom stereocenters. The van der Waals surface area contributed by atoms with Gasteiger partial charge in [-0.05, 0) is 48.0 Å². The van der Waals surface area contributed by atoms with Crippen molar-refractivity contribution in [3.05, 3.63) is 82.4 Å². The van der Waals surface area contributed by atoms with Gasteiger partial charge in [-0.3, -0.25) is 14.5 Å². The summed E-state index contributed by atoms with van der Waals surface area (Å²) in [6.07, 6.45) is 0. The van der Waals surface area contributed by atoms with Crippen LogP contribution in [0.1, 0.15) is 17.2 Å². The first-order valence-electron chi connectivity index (χ1n) is 10.5. The number of rotatable bonds is 6. The lowest BCUT2D eigenvalue weighted by Gasteiger charge is -2.26. The quantitative estimate of drug-likeness (QED) is 0.290. The van der Waals surface area contributed by atoms with E-state index in [1.54, 1.807) is 42.5 Å². The smallest absolute Gasteiger partial charge is 0.300 e. The van der Waals surface area contributed by atoms with Gasteiger partial charge in [0.1, 0.15) is 34.3 Å². The first-order chi connectivity index (χ1) is 16.8. The van der Waals surface area contributed by atoms with E-state index in [1.165, 1.54) is 44.4 Å². The number of carbonyl (C=O) groups is 2. The number of halogens is 1. The van der Waals surface area contributed by atoms with Crippen LogP contribution in [0.3, 0.4) is 0 Å². The highest BCUT2D eigenvalue weighted by Gasteiger charge is 2.47. The van der Waals surface area contributed by atoms with Crippen LogP contribution in [-0.2, 0) is 9.59 Å². The molecule has 0 radical (unpaired) electrons. The Balaban J connectivity index is 2.01. The zero-order chi connectivity index (χ0) is 25.3. The molecule has 0 bridgehead atoms. The number of hydrogen-bond donors (Lipinski definition) is 2. The molecule has 0 spiro atoms. The third-order valence-corrected chi connectivity index (χ3v) is 6.00. The number of amides is 1. The number of nitrogens with zero attached hydrogens (tertiary/aromatic N) is 1. The largest absolute Gasteiger partial charge is 0.508 e.